The Morgan fingerprint density at radius 2 is 1.87 bits per heavy atom. The number of halogens is 1. The first-order chi connectivity index (χ1) is 14.8. The molecule has 0 fully saturated rings. The van der Waals surface area contributed by atoms with Crippen molar-refractivity contribution in [1.29, 1.82) is 0 Å². The molecule has 0 aliphatic carbocycles. The van der Waals surface area contributed by atoms with Crippen LogP contribution in [0.2, 0.25) is 5.02 Å². The van der Waals surface area contributed by atoms with Gasteiger partial charge in [-0.3, -0.25) is 14.5 Å². The summed E-state index contributed by atoms with van der Waals surface area (Å²) >= 11 is 7.50. The first kappa shape index (κ1) is 20.0. The Morgan fingerprint density at radius 1 is 1.13 bits per heavy atom. The fraction of sp³-hybridized carbons (Fsp3) is 0.208. The maximum Gasteiger partial charge on any atom is 0.297 e. The Bertz CT molecular complexity index is 1390. The van der Waals surface area contributed by atoms with Crippen LogP contribution >= 0.6 is 22.9 Å². The second-order valence-electron chi connectivity index (χ2n) is 7.98. The van der Waals surface area contributed by atoms with Gasteiger partial charge in [0.2, 0.25) is 5.76 Å². The summed E-state index contributed by atoms with van der Waals surface area (Å²) in [5.74, 6) is 0.0715. The first-order valence-corrected chi connectivity index (χ1v) is 11.2. The van der Waals surface area contributed by atoms with Crippen LogP contribution in [0.4, 0.5) is 5.13 Å². The number of amides is 1. The topological polar surface area (TPSA) is 63.4 Å². The second-order valence-corrected chi connectivity index (χ2v) is 9.26. The van der Waals surface area contributed by atoms with Crippen molar-refractivity contribution in [2.45, 2.75) is 32.7 Å². The van der Waals surface area contributed by atoms with Gasteiger partial charge in [-0.05, 0) is 42.2 Å². The van der Waals surface area contributed by atoms with Crippen LogP contribution in [0.1, 0.15) is 58.7 Å². The number of hydrogen-bond donors (Lipinski definition) is 0. The number of benzene rings is 2. The van der Waals surface area contributed by atoms with Crippen LogP contribution in [0.25, 0.3) is 11.0 Å². The van der Waals surface area contributed by atoms with Crippen molar-refractivity contribution in [1.82, 2.24) is 4.98 Å². The lowest BCUT2D eigenvalue weighted by Gasteiger charge is -2.23. The van der Waals surface area contributed by atoms with Crippen molar-refractivity contribution >= 4 is 44.9 Å². The van der Waals surface area contributed by atoms with Gasteiger partial charge in [0.15, 0.2) is 10.6 Å². The molecule has 0 unspecified atom stereocenters. The van der Waals surface area contributed by atoms with Crippen molar-refractivity contribution < 1.29 is 9.21 Å². The molecule has 2 aromatic carbocycles. The average molecular weight is 451 g/mol. The van der Waals surface area contributed by atoms with Gasteiger partial charge in [0, 0.05) is 10.4 Å². The van der Waals surface area contributed by atoms with E-state index in [4.69, 9.17) is 16.0 Å². The van der Waals surface area contributed by atoms with Crippen molar-refractivity contribution in [3.8, 4) is 0 Å². The van der Waals surface area contributed by atoms with Crippen LogP contribution in [-0.4, -0.2) is 10.9 Å². The number of carbonyl (C=O) groups excluding carboxylic acids is 1. The largest absolute Gasteiger partial charge is 0.450 e. The third kappa shape index (κ3) is 3.18. The second kappa shape index (κ2) is 7.32. The molecule has 1 aliphatic rings. The minimum atomic E-state index is -0.617. The molecule has 1 aliphatic heterocycles. The van der Waals surface area contributed by atoms with E-state index in [2.05, 4.69) is 18.8 Å². The summed E-state index contributed by atoms with van der Waals surface area (Å²) in [6, 6.07) is 12.2. The molecule has 5 rings (SSSR count). The zero-order valence-electron chi connectivity index (χ0n) is 17.2. The molecule has 3 heterocycles. The standard InChI is InChI=1S/C24H19ClN2O3S/c1-12(2)14-4-6-15(7-5-14)20-19-21(28)17-10-16(25)8-9-18(17)30-22(19)23(29)27(20)24-26-13(3)11-31-24/h4-12,20H,1-3H3/t20-/m0/s1. The summed E-state index contributed by atoms with van der Waals surface area (Å²) in [6.07, 6.45) is 0. The number of anilines is 1. The molecule has 0 N–H and O–H groups in total. The molecule has 1 atom stereocenters. The van der Waals surface area contributed by atoms with E-state index in [0.717, 1.165) is 11.3 Å². The Kier molecular flexibility index (Phi) is 4.72. The highest BCUT2D eigenvalue weighted by atomic mass is 35.5. The van der Waals surface area contributed by atoms with Crippen molar-refractivity contribution in [2.24, 2.45) is 0 Å². The minimum absolute atomic E-state index is 0.0608. The number of aromatic nitrogens is 1. The maximum absolute atomic E-state index is 13.5. The van der Waals surface area contributed by atoms with Crippen LogP contribution in [0.5, 0.6) is 0 Å². The van der Waals surface area contributed by atoms with E-state index in [1.807, 2.05) is 36.6 Å². The lowest BCUT2D eigenvalue weighted by Crippen LogP contribution is -2.29. The predicted octanol–water partition coefficient (Wildman–Crippen LogP) is 6.08. The van der Waals surface area contributed by atoms with Crippen molar-refractivity contribution in [3.63, 3.8) is 0 Å². The normalized spacial score (nSPS) is 15.8. The molecule has 1 amide bonds. The maximum atomic E-state index is 13.5. The van der Waals surface area contributed by atoms with E-state index < -0.39 is 6.04 Å². The number of hydrogen-bond acceptors (Lipinski definition) is 5. The Balaban J connectivity index is 1.78. The number of aryl methyl sites for hydroxylation is 1. The van der Waals surface area contributed by atoms with Gasteiger partial charge in [0.05, 0.1) is 22.7 Å². The van der Waals surface area contributed by atoms with Crippen LogP contribution in [0.15, 0.2) is 57.1 Å². The molecule has 0 radical (unpaired) electrons. The fourth-order valence-corrected chi connectivity index (χ4v) is 4.97. The third-order valence-electron chi connectivity index (χ3n) is 5.56. The molecule has 156 valence electrons. The average Bonchev–Trinajstić information content (AvgIpc) is 3.30. The predicted molar refractivity (Wildman–Crippen MR) is 124 cm³/mol. The number of thiazole rings is 1. The quantitative estimate of drug-likeness (QED) is 0.379. The fourth-order valence-electron chi connectivity index (χ4n) is 3.97. The Labute approximate surface area is 187 Å². The summed E-state index contributed by atoms with van der Waals surface area (Å²) in [5.41, 5.74) is 3.24. The third-order valence-corrected chi connectivity index (χ3v) is 6.76. The molecule has 0 spiro atoms. The minimum Gasteiger partial charge on any atom is -0.450 e. The van der Waals surface area contributed by atoms with E-state index in [9.17, 15) is 9.59 Å². The van der Waals surface area contributed by atoms with Crippen LogP contribution in [0, 0.1) is 6.92 Å². The van der Waals surface area contributed by atoms with E-state index in [1.165, 1.54) is 16.9 Å². The molecule has 2 aromatic heterocycles. The zero-order chi connectivity index (χ0) is 21.9. The smallest absolute Gasteiger partial charge is 0.297 e. The molecule has 4 aromatic rings. The van der Waals surface area contributed by atoms with Gasteiger partial charge in [-0.1, -0.05) is 49.7 Å². The number of fused-ring (bicyclic) bond motifs is 2. The van der Waals surface area contributed by atoms with Gasteiger partial charge in [0.25, 0.3) is 5.91 Å². The first-order valence-electron chi connectivity index (χ1n) is 9.97. The molecule has 31 heavy (non-hydrogen) atoms. The van der Waals surface area contributed by atoms with Gasteiger partial charge in [-0.2, -0.15) is 0 Å². The summed E-state index contributed by atoms with van der Waals surface area (Å²) in [4.78, 5) is 33.1. The van der Waals surface area contributed by atoms with Gasteiger partial charge >= 0.3 is 0 Å². The summed E-state index contributed by atoms with van der Waals surface area (Å²) in [6.45, 7) is 6.12. The van der Waals surface area contributed by atoms with E-state index in [1.54, 1.807) is 23.1 Å². The van der Waals surface area contributed by atoms with Gasteiger partial charge in [-0.15, -0.1) is 11.3 Å². The highest BCUT2D eigenvalue weighted by molar-refractivity contribution is 7.14. The zero-order valence-corrected chi connectivity index (χ0v) is 18.8. The van der Waals surface area contributed by atoms with Crippen LogP contribution in [-0.2, 0) is 0 Å². The van der Waals surface area contributed by atoms with Gasteiger partial charge < -0.3 is 4.42 Å². The molecule has 5 nitrogen and oxygen atoms in total. The number of nitrogens with zero attached hydrogens (tertiary/aromatic N) is 2. The summed E-state index contributed by atoms with van der Waals surface area (Å²) < 4.78 is 5.95. The SMILES string of the molecule is Cc1csc(N2C(=O)c3oc4ccc(Cl)cc4c(=O)c3[C@@H]2c2ccc(C(C)C)cc2)n1. The number of rotatable bonds is 3. The molecule has 0 saturated heterocycles. The lowest BCUT2D eigenvalue weighted by atomic mass is 9.95. The molecular weight excluding hydrogens is 432 g/mol. The Morgan fingerprint density at radius 3 is 2.52 bits per heavy atom. The van der Waals surface area contributed by atoms with Crippen LogP contribution in [0.3, 0.4) is 0 Å². The Hall–Kier alpha value is -2.96. The van der Waals surface area contributed by atoms with Crippen molar-refractivity contribution in [3.05, 3.63) is 91.2 Å². The summed E-state index contributed by atoms with van der Waals surface area (Å²) in [5, 5.41) is 3.22. The van der Waals surface area contributed by atoms with Gasteiger partial charge in [0.1, 0.15) is 5.58 Å². The molecular formula is C24H19ClN2O3S. The van der Waals surface area contributed by atoms with Crippen LogP contribution < -0.4 is 10.3 Å². The van der Waals surface area contributed by atoms with Crippen molar-refractivity contribution in [2.75, 3.05) is 4.90 Å². The highest BCUT2D eigenvalue weighted by Gasteiger charge is 2.44. The lowest BCUT2D eigenvalue weighted by molar-refractivity contribution is 0.0971. The monoisotopic (exact) mass is 450 g/mol. The highest BCUT2D eigenvalue weighted by Crippen LogP contribution is 2.42. The van der Waals surface area contributed by atoms with E-state index >= 15 is 0 Å². The van der Waals surface area contributed by atoms with E-state index in [0.29, 0.717) is 32.6 Å². The van der Waals surface area contributed by atoms with E-state index in [-0.39, 0.29) is 17.1 Å². The molecule has 7 heteroatoms. The number of carbonyl (C=O) groups is 1. The molecule has 0 bridgehead atoms. The van der Waals surface area contributed by atoms with Gasteiger partial charge in [-0.25, -0.2) is 4.98 Å². The molecule has 0 saturated carbocycles. The summed E-state index contributed by atoms with van der Waals surface area (Å²) in [7, 11) is 0.